The van der Waals surface area contributed by atoms with Gasteiger partial charge in [0.2, 0.25) is 0 Å². The first kappa shape index (κ1) is 12.4. The summed E-state index contributed by atoms with van der Waals surface area (Å²) in [7, 11) is 0. The first-order chi connectivity index (χ1) is 7.91. The second-order valence-corrected chi connectivity index (χ2v) is 5.82. The Morgan fingerprint density at radius 3 is 1.38 bits per heavy atom. The summed E-state index contributed by atoms with van der Waals surface area (Å²) < 4.78 is 6.09. The number of hydrogen-bond donors (Lipinski definition) is 0. The maximum absolute atomic E-state index is 6.09. The monoisotopic (exact) mass is 224 g/mol. The Hall–Kier alpha value is -0.0400. The Bertz CT molecular complexity index is 168. The van der Waals surface area contributed by atoms with Gasteiger partial charge in [-0.05, 0) is 25.7 Å². The third-order valence-electron chi connectivity index (χ3n) is 4.45. The van der Waals surface area contributed by atoms with Crippen LogP contribution in [0.4, 0.5) is 0 Å². The molecule has 2 rings (SSSR count). The summed E-state index contributed by atoms with van der Waals surface area (Å²) in [5, 5.41) is 0. The lowest BCUT2D eigenvalue weighted by molar-refractivity contribution is -0.0136. The lowest BCUT2D eigenvalue weighted by Gasteiger charge is -2.29. The standard InChI is InChI=1S/C15H28O/c1-2-4-6-8-11-15(13-10-14-16-15)12-9-7-5-3-1/h1-14H2. The topological polar surface area (TPSA) is 9.23 Å². The molecule has 0 amide bonds. The van der Waals surface area contributed by atoms with Crippen LogP contribution in [-0.4, -0.2) is 12.2 Å². The minimum atomic E-state index is 0.319. The van der Waals surface area contributed by atoms with E-state index >= 15 is 0 Å². The molecule has 94 valence electrons. The maximum Gasteiger partial charge on any atom is 0.0683 e. The summed E-state index contributed by atoms with van der Waals surface area (Å²) in [5.41, 5.74) is 0.319. The van der Waals surface area contributed by atoms with Crippen LogP contribution >= 0.6 is 0 Å². The van der Waals surface area contributed by atoms with E-state index in [1.165, 1.54) is 83.5 Å². The van der Waals surface area contributed by atoms with E-state index in [4.69, 9.17) is 4.74 Å². The van der Waals surface area contributed by atoms with Crippen molar-refractivity contribution in [1.82, 2.24) is 0 Å². The minimum Gasteiger partial charge on any atom is -0.375 e. The Morgan fingerprint density at radius 2 is 0.938 bits per heavy atom. The summed E-state index contributed by atoms with van der Waals surface area (Å²) >= 11 is 0. The van der Waals surface area contributed by atoms with Gasteiger partial charge in [0.25, 0.3) is 0 Å². The van der Waals surface area contributed by atoms with Crippen LogP contribution in [0, 0.1) is 0 Å². The Morgan fingerprint density at radius 1 is 0.500 bits per heavy atom. The van der Waals surface area contributed by atoms with Crippen molar-refractivity contribution in [3.63, 3.8) is 0 Å². The van der Waals surface area contributed by atoms with Gasteiger partial charge in [-0.15, -0.1) is 0 Å². The third-order valence-corrected chi connectivity index (χ3v) is 4.45. The van der Waals surface area contributed by atoms with Crippen LogP contribution in [0.5, 0.6) is 0 Å². The van der Waals surface area contributed by atoms with Crippen molar-refractivity contribution >= 4 is 0 Å². The molecule has 1 saturated heterocycles. The van der Waals surface area contributed by atoms with Crippen molar-refractivity contribution in [3.05, 3.63) is 0 Å². The van der Waals surface area contributed by atoms with Crippen LogP contribution in [0.1, 0.15) is 83.5 Å². The van der Waals surface area contributed by atoms with Gasteiger partial charge < -0.3 is 4.74 Å². The predicted molar refractivity (Wildman–Crippen MR) is 68.7 cm³/mol. The zero-order valence-corrected chi connectivity index (χ0v) is 10.8. The van der Waals surface area contributed by atoms with Gasteiger partial charge in [0.05, 0.1) is 5.60 Å². The van der Waals surface area contributed by atoms with E-state index < -0.39 is 0 Å². The van der Waals surface area contributed by atoms with Gasteiger partial charge in [0.15, 0.2) is 0 Å². The Kier molecular flexibility index (Phi) is 5.15. The van der Waals surface area contributed by atoms with Crippen molar-refractivity contribution in [1.29, 1.82) is 0 Å². The molecule has 1 saturated carbocycles. The summed E-state index contributed by atoms with van der Waals surface area (Å²) in [4.78, 5) is 0. The molecule has 16 heavy (non-hydrogen) atoms. The SMILES string of the molecule is C1CCCCCC2(CCCCC1)CCCO2. The molecule has 0 aromatic rings. The lowest BCUT2D eigenvalue weighted by atomic mass is 9.86. The van der Waals surface area contributed by atoms with Gasteiger partial charge in [-0.2, -0.15) is 0 Å². The van der Waals surface area contributed by atoms with Gasteiger partial charge in [0.1, 0.15) is 0 Å². The highest BCUT2D eigenvalue weighted by Gasteiger charge is 2.33. The fraction of sp³-hybridized carbons (Fsp3) is 1.00. The summed E-state index contributed by atoms with van der Waals surface area (Å²) in [6.07, 6.45) is 18.3. The summed E-state index contributed by atoms with van der Waals surface area (Å²) in [5.74, 6) is 0. The number of ether oxygens (including phenoxy) is 1. The van der Waals surface area contributed by atoms with Crippen LogP contribution in [-0.2, 0) is 4.74 Å². The molecule has 0 N–H and O–H groups in total. The van der Waals surface area contributed by atoms with E-state index in [0.717, 1.165) is 6.61 Å². The van der Waals surface area contributed by atoms with Gasteiger partial charge >= 0.3 is 0 Å². The molecule has 1 nitrogen and oxygen atoms in total. The maximum atomic E-state index is 6.09. The molecule has 0 radical (unpaired) electrons. The number of hydrogen-bond acceptors (Lipinski definition) is 1. The molecule has 2 fully saturated rings. The van der Waals surface area contributed by atoms with Crippen molar-refractivity contribution in [3.8, 4) is 0 Å². The third kappa shape index (κ3) is 3.76. The molecule has 1 aliphatic carbocycles. The first-order valence-corrected chi connectivity index (χ1v) is 7.55. The van der Waals surface area contributed by atoms with E-state index in [1.54, 1.807) is 0 Å². The van der Waals surface area contributed by atoms with Gasteiger partial charge in [-0.1, -0.05) is 57.8 Å². The molecule has 1 spiro atoms. The molecule has 0 aromatic carbocycles. The van der Waals surface area contributed by atoms with Crippen molar-refractivity contribution in [2.24, 2.45) is 0 Å². The average molecular weight is 224 g/mol. The molecule has 0 bridgehead atoms. The van der Waals surface area contributed by atoms with Crippen LogP contribution in [0.25, 0.3) is 0 Å². The zero-order valence-electron chi connectivity index (χ0n) is 10.8. The molecule has 1 aliphatic heterocycles. The molecule has 0 atom stereocenters. The van der Waals surface area contributed by atoms with E-state index in [9.17, 15) is 0 Å². The molecular weight excluding hydrogens is 196 g/mol. The second-order valence-electron chi connectivity index (χ2n) is 5.82. The molecule has 1 heteroatoms. The van der Waals surface area contributed by atoms with Gasteiger partial charge in [0, 0.05) is 6.61 Å². The smallest absolute Gasteiger partial charge is 0.0683 e. The highest BCUT2D eigenvalue weighted by atomic mass is 16.5. The van der Waals surface area contributed by atoms with E-state index in [0.29, 0.717) is 5.60 Å². The molecule has 0 aromatic heterocycles. The predicted octanol–water partition coefficient (Wildman–Crippen LogP) is 4.84. The molecule has 1 heterocycles. The van der Waals surface area contributed by atoms with Crippen LogP contribution in [0.3, 0.4) is 0 Å². The lowest BCUT2D eigenvalue weighted by Crippen LogP contribution is -2.27. The first-order valence-electron chi connectivity index (χ1n) is 7.55. The van der Waals surface area contributed by atoms with Crippen LogP contribution in [0.15, 0.2) is 0 Å². The van der Waals surface area contributed by atoms with Crippen LogP contribution in [0.2, 0.25) is 0 Å². The largest absolute Gasteiger partial charge is 0.375 e. The summed E-state index contributed by atoms with van der Waals surface area (Å²) in [6, 6.07) is 0. The quantitative estimate of drug-likeness (QED) is 0.572. The van der Waals surface area contributed by atoms with Crippen molar-refractivity contribution < 1.29 is 4.74 Å². The average Bonchev–Trinajstić information content (AvgIpc) is 2.73. The molecule has 0 unspecified atom stereocenters. The molecular formula is C15H28O. The number of rotatable bonds is 0. The van der Waals surface area contributed by atoms with E-state index in [2.05, 4.69) is 0 Å². The zero-order chi connectivity index (χ0) is 11.1. The normalized spacial score (nSPS) is 28.5. The van der Waals surface area contributed by atoms with Gasteiger partial charge in [-0.3, -0.25) is 0 Å². The van der Waals surface area contributed by atoms with E-state index in [-0.39, 0.29) is 0 Å². The highest BCUT2D eigenvalue weighted by Crippen LogP contribution is 2.36. The van der Waals surface area contributed by atoms with Gasteiger partial charge in [-0.25, -0.2) is 0 Å². The Balaban J connectivity index is 1.80. The minimum absolute atomic E-state index is 0.319. The molecule has 2 aliphatic rings. The van der Waals surface area contributed by atoms with Crippen LogP contribution < -0.4 is 0 Å². The van der Waals surface area contributed by atoms with E-state index in [1.807, 2.05) is 0 Å². The Labute approximate surface area is 101 Å². The fourth-order valence-corrected chi connectivity index (χ4v) is 3.41. The highest BCUT2D eigenvalue weighted by molar-refractivity contribution is 4.85. The van der Waals surface area contributed by atoms with Crippen molar-refractivity contribution in [2.75, 3.05) is 6.61 Å². The fourth-order valence-electron chi connectivity index (χ4n) is 3.41. The summed E-state index contributed by atoms with van der Waals surface area (Å²) in [6.45, 7) is 1.03. The van der Waals surface area contributed by atoms with Crippen molar-refractivity contribution in [2.45, 2.75) is 89.1 Å². The second kappa shape index (κ2) is 6.64.